The van der Waals surface area contributed by atoms with E-state index in [-0.39, 0.29) is 30.8 Å². The predicted molar refractivity (Wildman–Crippen MR) is 86.4 cm³/mol. The SMILES string of the molecule is COc1cc(C)c(S(=O)(=O)N(CCC#N)CCC#N)c(C)c1C. The third kappa shape index (κ3) is 4.01. The van der Waals surface area contributed by atoms with Crippen molar-refractivity contribution in [3.63, 3.8) is 0 Å². The fraction of sp³-hybridized carbons (Fsp3) is 0.500. The Hall–Kier alpha value is -2.09. The molecule has 1 aromatic carbocycles. The Morgan fingerprint density at radius 1 is 1.09 bits per heavy atom. The molecule has 0 N–H and O–H groups in total. The van der Waals surface area contributed by atoms with Gasteiger partial charge in [-0.2, -0.15) is 14.8 Å². The molecule has 0 aromatic heterocycles. The van der Waals surface area contributed by atoms with Crippen molar-refractivity contribution in [3.8, 4) is 17.9 Å². The average Bonchev–Trinajstić information content (AvgIpc) is 2.50. The highest BCUT2D eigenvalue weighted by Gasteiger charge is 2.28. The number of aryl methyl sites for hydroxylation is 1. The van der Waals surface area contributed by atoms with E-state index in [1.807, 2.05) is 19.1 Å². The smallest absolute Gasteiger partial charge is 0.243 e. The van der Waals surface area contributed by atoms with Crippen LogP contribution in [-0.2, 0) is 10.0 Å². The van der Waals surface area contributed by atoms with Crippen LogP contribution in [0.5, 0.6) is 5.75 Å². The lowest BCUT2D eigenvalue weighted by Crippen LogP contribution is -2.34. The van der Waals surface area contributed by atoms with Crippen LogP contribution in [0.1, 0.15) is 29.5 Å². The van der Waals surface area contributed by atoms with E-state index in [4.69, 9.17) is 15.3 Å². The molecule has 0 bridgehead atoms. The van der Waals surface area contributed by atoms with Gasteiger partial charge in [-0.15, -0.1) is 0 Å². The van der Waals surface area contributed by atoms with Crippen molar-refractivity contribution < 1.29 is 13.2 Å². The Bertz CT molecular complexity index is 740. The van der Waals surface area contributed by atoms with Crippen LogP contribution in [0.4, 0.5) is 0 Å². The second-order valence-corrected chi connectivity index (χ2v) is 7.07. The minimum atomic E-state index is -3.78. The van der Waals surface area contributed by atoms with Gasteiger partial charge < -0.3 is 4.74 Å². The number of nitrogens with zero attached hydrogens (tertiary/aromatic N) is 3. The van der Waals surface area contributed by atoms with Gasteiger partial charge in [0.15, 0.2) is 0 Å². The predicted octanol–water partition coefficient (Wildman–Crippen LogP) is 2.44. The number of ether oxygens (including phenoxy) is 1. The average molecular weight is 335 g/mol. The molecule has 7 heteroatoms. The van der Waals surface area contributed by atoms with Crippen LogP contribution in [-0.4, -0.2) is 32.9 Å². The summed E-state index contributed by atoms with van der Waals surface area (Å²) in [7, 11) is -2.24. The summed E-state index contributed by atoms with van der Waals surface area (Å²) >= 11 is 0. The van der Waals surface area contributed by atoms with Crippen molar-refractivity contribution >= 4 is 10.0 Å². The summed E-state index contributed by atoms with van der Waals surface area (Å²) in [6.07, 6.45) is 0.162. The van der Waals surface area contributed by atoms with E-state index in [0.717, 1.165) is 5.56 Å². The Labute approximate surface area is 138 Å². The van der Waals surface area contributed by atoms with E-state index in [2.05, 4.69) is 0 Å². The van der Waals surface area contributed by atoms with Gasteiger partial charge >= 0.3 is 0 Å². The fourth-order valence-corrected chi connectivity index (χ4v) is 4.39. The molecule has 0 atom stereocenters. The minimum Gasteiger partial charge on any atom is -0.496 e. The summed E-state index contributed by atoms with van der Waals surface area (Å²) < 4.78 is 32.5. The van der Waals surface area contributed by atoms with Crippen molar-refractivity contribution in [2.75, 3.05) is 20.2 Å². The van der Waals surface area contributed by atoms with Crippen LogP contribution in [0.25, 0.3) is 0 Å². The first-order valence-corrected chi connectivity index (χ1v) is 8.64. The molecule has 0 aliphatic heterocycles. The Kier molecular flexibility index (Phi) is 6.56. The van der Waals surface area contributed by atoms with Gasteiger partial charge in [0.2, 0.25) is 10.0 Å². The third-order valence-electron chi connectivity index (χ3n) is 3.74. The van der Waals surface area contributed by atoms with E-state index in [1.54, 1.807) is 27.0 Å². The van der Waals surface area contributed by atoms with Gasteiger partial charge in [0.05, 0.1) is 24.1 Å². The highest BCUT2D eigenvalue weighted by molar-refractivity contribution is 7.89. The topological polar surface area (TPSA) is 94.2 Å². The number of benzene rings is 1. The fourth-order valence-electron chi connectivity index (χ4n) is 2.46. The van der Waals surface area contributed by atoms with E-state index in [0.29, 0.717) is 16.9 Å². The van der Waals surface area contributed by atoms with Crippen molar-refractivity contribution in [3.05, 3.63) is 22.8 Å². The standard InChI is InChI=1S/C16H21N3O3S/c1-12-11-15(22-4)13(2)14(3)16(12)23(20,21)19(9-5-7-17)10-6-8-18/h11H,5-6,9-10H2,1-4H3. The Balaban J connectivity index is 3.43. The number of sulfonamides is 1. The van der Waals surface area contributed by atoms with Gasteiger partial charge in [0.25, 0.3) is 0 Å². The summed E-state index contributed by atoms with van der Waals surface area (Å²) in [6.45, 7) is 5.41. The normalized spacial score (nSPS) is 11.1. The Morgan fingerprint density at radius 2 is 1.61 bits per heavy atom. The second-order valence-electron chi connectivity index (χ2n) is 5.20. The van der Waals surface area contributed by atoms with Gasteiger partial charge in [0.1, 0.15) is 5.75 Å². The molecule has 0 aliphatic rings. The number of methoxy groups -OCH3 is 1. The highest BCUT2D eigenvalue weighted by atomic mass is 32.2. The summed E-state index contributed by atoms with van der Waals surface area (Å²) in [5, 5.41) is 17.5. The summed E-state index contributed by atoms with van der Waals surface area (Å²) in [5.41, 5.74) is 1.97. The van der Waals surface area contributed by atoms with Crippen LogP contribution < -0.4 is 4.74 Å². The molecule has 0 fully saturated rings. The minimum absolute atomic E-state index is 0.0739. The largest absolute Gasteiger partial charge is 0.496 e. The molecule has 0 unspecified atom stereocenters. The van der Waals surface area contributed by atoms with Crippen LogP contribution >= 0.6 is 0 Å². The molecular weight excluding hydrogens is 314 g/mol. The van der Waals surface area contributed by atoms with Gasteiger partial charge in [-0.3, -0.25) is 0 Å². The molecular formula is C16H21N3O3S. The molecule has 0 aliphatic carbocycles. The quantitative estimate of drug-likeness (QED) is 0.763. The molecule has 0 saturated carbocycles. The number of nitriles is 2. The lowest BCUT2D eigenvalue weighted by molar-refractivity contribution is 0.409. The van der Waals surface area contributed by atoms with E-state index in [9.17, 15) is 8.42 Å². The highest BCUT2D eigenvalue weighted by Crippen LogP contribution is 2.32. The maximum absolute atomic E-state index is 13.0. The van der Waals surface area contributed by atoms with E-state index >= 15 is 0 Å². The van der Waals surface area contributed by atoms with Gasteiger partial charge in [0, 0.05) is 25.9 Å². The molecule has 124 valence electrons. The summed E-state index contributed by atoms with van der Waals surface area (Å²) in [4.78, 5) is 0.228. The first kappa shape index (κ1) is 19.0. The maximum Gasteiger partial charge on any atom is 0.243 e. The van der Waals surface area contributed by atoms with Crippen molar-refractivity contribution in [1.82, 2.24) is 4.31 Å². The number of hydrogen-bond acceptors (Lipinski definition) is 5. The third-order valence-corrected chi connectivity index (χ3v) is 5.93. The first-order valence-electron chi connectivity index (χ1n) is 7.20. The van der Waals surface area contributed by atoms with E-state index in [1.165, 1.54) is 4.31 Å². The van der Waals surface area contributed by atoms with Gasteiger partial charge in [-0.1, -0.05) is 0 Å². The molecule has 0 radical (unpaired) electrons. The van der Waals surface area contributed by atoms with Crippen LogP contribution in [0.3, 0.4) is 0 Å². The van der Waals surface area contributed by atoms with Crippen LogP contribution in [0.2, 0.25) is 0 Å². The molecule has 6 nitrogen and oxygen atoms in total. The van der Waals surface area contributed by atoms with Crippen molar-refractivity contribution in [1.29, 1.82) is 10.5 Å². The number of hydrogen-bond donors (Lipinski definition) is 0. The molecule has 1 rings (SSSR count). The lowest BCUT2D eigenvalue weighted by atomic mass is 10.1. The van der Waals surface area contributed by atoms with Crippen LogP contribution in [0.15, 0.2) is 11.0 Å². The lowest BCUT2D eigenvalue weighted by Gasteiger charge is -2.24. The summed E-state index contributed by atoms with van der Waals surface area (Å²) in [5.74, 6) is 0.638. The van der Waals surface area contributed by atoms with Crippen LogP contribution in [0, 0.1) is 43.4 Å². The second kappa shape index (κ2) is 7.96. The zero-order valence-electron chi connectivity index (χ0n) is 13.9. The van der Waals surface area contributed by atoms with Gasteiger partial charge in [-0.05, 0) is 43.5 Å². The van der Waals surface area contributed by atoms with Crippen molar-refractivity contribution in [2.45, 2.75) is 38.5 Å². The zero-order chi connectivity index (χ0) is 17.6. The molecule has 0 spiro atoms. The maximum atomic E-state index is 13.0. The molecule has 0 heterocycles. The summed E-state index contributed by atoms with van der Waals surface area (Å²) in [6, 6.07) is 5.59. The molecule has 1 aromatic rings. The molecule has 0 saturated heterocycles. The van der Waals surface area contributed by atoms with Crippen molar-refractivity contribution in [2.24, 2.45) is 0 Å². The zero-order valence-corrected chi connectivity index (χ0v) is 14.7. The molecule has 23 heavy (non-hydrogen) atoms. The Morgan fingerprint density at radius 3 is 2.04 bits per heavy atom. The first-order chi connectivity index (χ1) is 10.8. The van der Waals surface area contributed by atoms with Gasteiger partial charge in [-0.25, -0.2) is 8.42 Å². The molecule has 0 amide bonds. The number of rotatable bonds is 7. The monoisotopic (exact) mass is 335 g/mol. The van der Waals surface area contributed by atoms with E-state index < -0.39 is 10.0 Å².